The van der Waals surface area contributed by atoms with Gasteiger partial charge >= 0.3 is 0 Å². The van der Waals surface area contributed by atoms with Crippen LogP contribution in [0.3, 0.4) is 0 Å². The van der Waals surface area contributed by atoms with Crippen LogP contribution < -0.4 is 10.6 Å². The molecule has 0 saturated carbocycles. The van der Waals surface area contributed by atoms with Crippen molar-refractivity contribution < 1.29 is 4.74 Å². The number of hydrogen-bond donors (Lipinski definition) is 1. The van der Waals surface area contributed by atoms with E-state index in [1.807, 2.05) is 12.1 Å². The highest BCUT2D eigenvalue weighted by molar-refractivity contribution is 6.33. The summed E-state index contributed by atoms with van der Waals surface area (Å²) in [6.07, 6.45) is 2.31. The number of ether oxygens (including phenoxy) is 1. The van der Waals surface area contributed by atoms with Crippen molar-refractivity contribution >= 4 is 17.3 Å². The molecule has 1 aliphatic heterocycles. The fraction of sp³-hybridized carbons (Fsp3) is 0.571. The van der Waals surface area contributed by atoms with Crippen LogP contribution in [0.4, 0.5) is 5.69 Å². The number of rotatable bonds is 4. The number of benzene rings is 1. The predicted octanol–water partition coefficient (Wildman–Crippen LogP) is 2.66. The first-order valence-electron chi connectivity index (χ1n) is 6.47. The Hall–Kier alpha value is -0.770. The number of piperidine rings is 1. The van der Waals surface area contributed by atoms with Gasteiger partial charge in [0.2, 0.25) is 0 Å². The summed E-state index contributed by atoms with van der Waals surface area (Å²) >= 11 is 6.32. The first-order chi connectivity index (χ1) is 8.76. The highest BCUT2D eigenvalue weighted by Gasteiger charge is 2.22. The molecule has 1 heterocycles. The number of hydrogen-bond acceptors (Lipinski definition) is 3. The Morgan fingerprint density at radius 1 is 1.39 bits per heavy atom. The molecule has 18 heavy (non-hydrogen) atoms. The molecule has 1 saturated heterocycles. The fourth-order valence-corrected chi connectivity index (χ4v) is 2.95. The number of anilines is 1. The van der Waals surface area contributed by atoms with Crippen LogP contribution in [-0.4, -0.2) is 26.8 Å². The van der Waals surface area contributed by atoms with Crippen molar-refractivity contribution in [1.29, 1.82) is 0 Å². The Morgan fingerprint density at radius 2 is 2.11 bits per heavy atom. The molecule has 3 nitrogen and oxygen atoms in total. The van der Waals surface area contributed by atoms with E-state index >= 15 is 0 Å². The number of para-hydroxylation sites is 1. The smallest absolute Gasteiger partial charge is 0.0642 e. The van der Waals surface area contributed by atoms with Gasteiger partial charge in [0.1, 0.15) is 0 Å². The maximum absolute atomic E-state index is 6.32. The molecule has 0 aromatic heterocycles. The molecule has 0 atom stereocenters. The van der Waals surface area contributed by atoms with Crippen molar-refractivity contribution in [2.75, 3.05) is 31.7 Å². The zero-order valence-electron chi connectivity index (χ0n) is 10.9. The van der Waals surface area contributed by atoms with E-state index in [0.29, 0.717) is 12.5 Å². The number of halogens is 1. The topological polar surface area (TPSA) is 38.5 Å². The van der Waals surface area contributed by atoms with E-state index in [1.54, 1.807) is 7.11 Å². The van der Waals surface area contributed by atoms with Crippen LogP contribution in [0.1, 0.15) is 18.4 Å². The lowest BCUT2D eigenvalue weighted by Crippen LogP contribution is -2.35. The minimum Gasteiger partial charge on any atom is -0.384 e. The molecule has 0 spiro atoms. The quantitative estimate of drug-likeness (QED) is 0.912. The lowest BCUT2D eigenvalue weighted by Gasteiger charge is -2.35. The molecular formula is C14H21ClN2O. The van der Waals surface area contributed by atoms with E-state index in [2.05, 4.69) is 11.0 Å². The van der Waals surface area contributed by atoms with Crippen molar-refractivity contribution in [1.82, 2.24) is 0 Å². The molecule has 100 valence electrons. The fourth-order valence-electron chi connectivity index (χ4n) is 2.64. The minimum atomic E-state index is 0.536. The number of nitrogens with two attached hydrogens (primary N) is 1. The van der Waals surface area contributed by atoms with Gasteiger partial charge in [-0.2, -0.15) is 0 Å². The molecule has 0 bridgehead atoms. The molecule has 0 aliphatic carbocycles. The Bertz CT molecular complexity index is 389. The van der Waals surface area contributed by atoms with Crippen molar-refractivity contribution in [3.05, 3.63) is 28.8 Å². The molecule has 0 radical (unpaired) electrons. The Morgan fingerprint density at radius 3 is 2.72 bits per heavy atom. The zero-order chi connectivity index (χ0) is 13.0. The van der Waals surface area contributed by atoms with Gasteiger partial charge < -0.3 is 15.4 Å². The van der Waals surface area contributed by atoms with E-state index in [4.69, 9.17) is 22.1 Å². The molecule has 1 fully saturated rings. The highest BCUT2D eigenvalue weighted by atomic mass is 35.5. The summed E-state index contributed by atoms with van der Waals surface area (Å²) in [7, 11) is 1.77. The maximum Gasteiger partial charge on any atom is 0.0642 e. The van der Waals surface area contributed by atoms with Crippen LogP contribution in [0, 0.1) is 5.92 Å². The molecule has 2 N–H and O–H groups in total. The maximum atomic E-state index is 6.32. The van der Waals surface area contributed by atoms with Crippen molar-refractivity contribution in [3.63, 3.8) is 0 Å². The largest absolute Gasteiger partial charge is 0.384 e. The second kappa shape index (κ2) is 6.41. The second-order valence-electron chi connectivity index (χ2n) is 4.84. The Kier molecular flexibility index (Phi) is 4.87. The van der Waals surface area contributed by atoms with E-state index in [0.717, 1.165) is 48.8 Å². The first-order valence-corrected chi connectivity index (χ1v) is 6.85. The van der Waals surface area contributed by atoms with Gasteiger partial charge in [-0.15, -0.1) is 0 Å². The third-order valence-electron chi connectivity index (χ3n) is 3.62. The van der Waals surface area contributed by atoms with Gasteiger partial charge in [0.05, 0.1) is 10.7 Å². The molecule has 0 unspecified atom stereocenters. The average Bonchev–Trinajstić information content (AvgIpc) is 2.40. The lowest BCUT2D eigenvalue weighted by atomic mass is 9.96. The SMILES string of the molecule is COCC1CCN(c2c(Cl)cccc2CN)CC1. The van der Waals surface area contributed by atoms with Crippen molar-refractivity contribution in [3.8, 4) is 0 Å². The third kappa shape index (κ3) is 2.97. The summed E-state index contributed by atoms with van der Waals surface area (Å²) < 4.78 is 5.23. The number of methoxy groups -OCH3 is 1. The van der Waals surface area contributed by atoms with Crippen LogP contribution in [-0.2, 0) is 11.3 Å². The highest BCUT2D eigenvalue weighted by Crippen LogP contribution is 2.32. The van der Waals surface area contributed by atoms with E-state index in [1.165, 1.54) is 0 Å². The van der Waals surface area contributed by atoms with Crippen LogP contribution >= 0.6 is 11.6 Å². The minimum absolute atomic E-state index is 0.536. The summed E-state index contributed by atoms with van der Waals surface area (Å²) in [6.45, 7) is 3.46. The van der Waals surface area contributed by atoms with Crippen LogP contribution in [0.15, 0.2) is 18.2 Å². The number of nitrogens with zero attached hydrogens (tertiary/aromatic N) is 1. The van der Waals surface area contributed by atoms with Crippen LogP contribution in [0.2, 0.25) is 5.02 Å². The molecule has 0 amide bonds. The molecule has 4 heteroatoms. The van der Waals surface area contributed by atoms with E-state index in [9.17, 15) is 0 Å². The summed E-state index contributed by atoms with van der Waals surface area (Å²) in [4.78, 5) is 2.36. The van der Waals surface area contributed by atoms with Gasteiger partial charge in [0.15, 0.2) is 0 Å². The van der Waals surface area contributed by atoms with Crippen molar-refractivity contribution in [2.45, 2.75) is 19.4 Å². The monoisotopic (exact) mass is 268 g/mol. The average molecular weight is 269 g/mol. The summed E-state index contributed by atoms with van der Waals surface area (Å²) in [5.74, 6) is 0.676. The van der Waals surface area contributed by atoms with Gasteiger partial charge in [-0.25, -0.2) is 0 Å². The van der Waals surface area contributed by atoms with Gasteiger partial charge in [0, 0.05) is 33.4 Å². The predicted molar refractivity (Wildman–Crippen MR) is 76.2 cm³/mol. The zero-order valence-corrected chi connectivity index (χ0v) is 11.6. The van der Waals surface area contributed by atoms with E-state index in [-0.39, 0.29) is 0 Å². The van der Waals surface area contributed by atoms with Crippen molar-refractivity contribution in [2.24, 2.45) is 11.7 Å². The van der Waals surface area contributed by atoms with E-state index < -0.39 is 0 Å². The Labute approximate surface area is 114 Å². The summed E-state index contributed by atoms with van der Waals surface area (Å²) in [5.41, 5.74) is 8.05. The molecule has 1 aromatic rings. The van der Waals surface area contributed by atoms with Gasteiger partial charge in [-0.1, -0.05) is 23.7 Å². The van der Waals surface area contributed by atoms with Crippen LogP contribution in [0.25, 0.3) is 0 Å². The second-order valence-corrected chi connectivity index (χ2v) is 5.24. The van der Waals surface area contributed by atoms with Gasteiger partial charge in [-0.3, -0.25) is 0 Å². The summed E-state index contributed by atoms with van der Waals surface area (Å²) in [5, 5.41) is 0.808. The molecule has 1 aromatic carbocycles. The standard InChI is InChI=1S/C14H21ClN2O/c1-18-10-11-5-7-17(8-6-11)14-12(9-16)3-2-4-13(14)15/h2-4,11H,5-10,16H2,1H3. The third-order valence-corrected chi connectivity index (χ3v) is 3.93. The lowest BCUT2D eigenvalue weighted by molar-refractivity contribution is 0.139. The van der Waals surface area contributed by atoms with Crippen LogP contribution in [0.5, 0.6) is 0 Å². The molecular weight excluding hydrogens is 248 g/mol. The molecule has 2 rings (SSSR count). The summed E-state index contributed by atoms with van der Waals surface area (Å²) in [6, 6.07) is 5.96. The Balaban J connectivity index is 2.09. The normalized spacial score (nSPS) is 17.2. The van der Waals surface area contributed by atoms with Gasteiger partial charge in [0.25, 0.3) is 0 Å². The molecule has 1 aliphatic rings. The van der Waals surface area contributed by atoms with Gasteiger partial charge in [-0.05, 0) is 30.4 Å². The first kappa shape index (κ1) is 13.7.